The molecule has 0 radical (unpaired) electrons. The molecule has 5 heteroatoms. The molecule has 56 valence electrons. The maximum Gasteiger partial charge on any atom is 0.308 e. The van der Waals surface area contributed by atoms with Crippen molar-refractivity contribution in [3.05, 3.63) is 0 Å². The third kappa shape index (κ3) is 4.79. The zero-order chi connectivity index (χ0) is 7.28. The molecule has 0 aliphatic rings. The zero-order valence-electron chi connectivity index (χ0n) is 6.38. The molecule has 0 spiro atoms. The summed E-state index contributed by atoms with van der Waals surface area (Å²) in [6, 6.07) is 0. The second kappa shape index (κ2) is 5.13. The predicted molar refractivity (Wildman–Crippen MR) is 41.1 cm³/mol. The van der Waals surface area contributed by atoms with Gasteiger partial charge in [-0.2, -0.15) is 0 Å². The smallest absolute Gasteiger partial charge is 0.308 e. The van der Waals surface area contributed by atoms with Crippen molar-refractivity contribution >= 4 is 18.6 Å². The van der Waals surface area contributed by atoms with E-state index in [-0.39, 0.29) is 0 Å². The van der Waals surface area contributed by atoms with E-state index in [1.807, 2.05) is 13.1 Å². The van der Waals surface area contributed by atoms with Crippen LogP contribution >= 0.6 is 0 Å². The molecule has 0 rings (SSSR count). The van der Waals surface area contributed by atoms with Crippen LogP contribution < -0.4 is 0 Å². The molecule has 0 saturated carbocycles. The van der Waals surface area contributed by atoms with Crippen LogP contribution in [0.15, 0.2) is 0 Å². The van der Waals surface area contributed by atoms with Crippen molar-refractivity contribution in [3.8, 4) is 0 Å². The molecule has 9 heavy (non-hydrogen) atoms. The molecule has 3 nitrogen and oxygen atoms in total. The van der Waals surface area contributed by atoms with Crippen LogP contribution in [0.25, 0.3) is 0 Å². The highest BCUT2D eigenvalue weighted by Crippen LogP contribution is 1.90. The quantitative estimate of drug-likeness (QED) is 0.550. The Bertz CT molecular complexity index is 62.8. The van der Waals surface area contributed by atoms with Crippen molar-refractivity contribution in [3.63, 3.8) is 0 Å². The summed E-state index contributed by atoms with van der Waals surface area (Å²) < 4.78 is 15.4. The van der Waals surface area contributed by atoms with Crippen LogP contribution in [0, 0.1) is 0 Å². The van der Waals surface area contributed by atoms with E-state index in [1.165, 1.54) is 0 Å². The second-order valence-corrected chi connectivity index (χ2v) is 6.04. The van der Waals surface area contributed by atoms with Gasteiger partial charge in [0.15, 0.2) is 0 Å². The molecule has 0 aliphatic carbocycles. The van der Waals surface area contributed by atoms with Crippen LogP contribution in [0.2, 0.25) is 13.1 Å². The Balaban J connectivity index is 3.22. The summed E-state index contributed by atoms with van der Waals surface area (Å²) in [5.74, 6) is 0. The topological polar surface area (TPSA) is 27.7 Å². The summed E-state index contributed by atoms with van der Waals surface area (Å²) in [6.07, 6.45) is 0. The van der Waals surface area contributed by atoms with Crippen LogP contribution in [-0.2, 0) is 13.0 Å². The first-order valence-electron chi connectivity index (χ1n) is 2.91. The lowest BCUT2D eigenvalue weighted by Gasteiger charge is -2.13. The largest absolute Gasteiger partial charge is 0.419 e. The van der Waals surface area contributed by atoms with Gasteiger partial charge in [-0.25, -0.2) is 0 Å². The van der Waals surface area contributed by atoms with E-state index in [2.05, 4.69) is 0 Å². The molecule has 2 unspecified atom stereocenters. The molecule has 0 aliphatic heterocycles. The monoisotopic (exact) mass is 166 g/mol. The van der Waals surface area contributed by atoms with Crippen LogP contribution in [0.4, 0.5) is 0 Å². The Morgan fingerprint density at radius 3 is 1.44 bits per heavy atom. The fourth-order valence-corrected chi connectivity index (χ4v) is 3.43. The van der Waals surface area contributed by atoms with Gasteiger partial charge in [0.2, 0.25) is 0 Å². The van der Waals surface area contributed by atoms with E-state index in [0.717, 1.165) is 0 Å². The normalized spacial score (nSPS) is 17.3. The van der Waals surface area contributed by atoms with Gasteiger partial charge in [-0.05, 0) is 13.1 Å². The van der Waals surface area contributed by atoms with Crippen molar-refractivity contribution in [1.29, 1.82) is 0 Å². The van der Waals surface area contributed by atoms with E-state index in [1.54, 1.807) is 14.2 Å². The van der Waals surface area contributed by atoms with Crippen LogP contribution in [-0.4, -0.2) is 32.8 Å². The van der Waals surface area contributed by atoms with E-state index in [0.29, 0.717) is 0 Å². The Hall–Kier alpha value is 0.314. The van der Waals surface area contributed by atoms with Gasteiger partial charge in [0.25, 0.3) is 0 Å². The fraction of sp³-hybridized carbons (Fsp3) is 1.00. The first-order chi connectivity index (χ1) is 4.20. The minimum Gasteiger partial charge on any atom is -0.419 e. The summed E-state index contributed by atoms with van der Waals surface area (Å²) in [5.41, 5.74) is 0. The van der Waals surface area contributed by atoms with Crippen molar-refractivity contribution in [2.24, 2.45) is 0 Å². The van der Waals surface area contributed by atoms with Crippen molar-refractivity contribution in [1.82, 2.24) is 0 Å². The Morgan fingerprint density at radius 1 is 0.889 bits per heavy atom. The number of rotatable bonds is 4. The van der Waals surface area contributed by atoms with E-state index >= 15 is 0 Å². The standard InChI is InChI=1S/C4H14O3Si2/c1-5-8(3)7-9(4)6-2/h8-9H,1-4H3. The Labute approximate surface area is 59.6 Å². The van der Waals surface area contributed by atoms with Crippen molar-refractivity contribution < 1.29 is 13.0 Å². The molecule has 2 atom stereocenters. The molecule has 0 saturated heterocycles. The molecule has 0 aromatic carbocycles. The fourth-order valence-electron chi connectivity index (χ4n) is 0.381. The molecule has 0 heterocycles. The van der Waals surface area contributed by atoms with E-state index in [4.69, 9.17) is 13.0 Å². The summed E-state index contributed by atoms with van der Waals surface area (Å²) in [7, 11) is 0.708. The first kappa shape index (κ1) is 9.31. The van der Waals surface area contributed by atoms with Gasteiger partial charge in [0.1, 0.15) is 0 Å². The van der Waals surface area contributed by atoms with Gasteiger partial charge in [0.05, 0.1) is 0 Å². The second-order valence-electron chi connectivity index (χ2n) is 1.74. The van der Waals surface area contributed by atoms with Gasteiger partial charge in [-0.15, -0.1) is 0 Å². The average Bonchev–Trinajstić information content (AvgIpc) is 1.87. The molecule has 0 bridgehead atoms. The minimum absolute atomic E-state index is 1.32. The van der Waals surface area contributed by atoms with Gasteiger partial charge in [-0.3, -0.25) is 0 Å². The zero-order valence-corrected chi connectivity index (χ0v) is 8.69. The first-order valence-corrected chi connectivity index (χ1v) is 7.11. The third-order valence-corrected chi connectivity index (χ3v) is 5.44. The van der Waals surface area contributed by atoms with E-state index < -0.39 is 18.6 Å². The minimum atomic E-state index is -1.32. The number of hydrogen-bond acceptors (Lipinski definition) is 3. The lowest BCUT2D eigenvalue weighted by Crippen LogP contribution is -2.27. The lowest BCUT2D eigenvalue weighted by atomic mass is 11.8. The molecule has 0 aromatic heterocycles. The summed E-state index contributed by atoms with van der Waals surface area (Å²) >= 11 is 0. The Kier molecular flexibility index (Phi) is 5.31. The summed E-state index contributed by atoms with van der Waals surface area (Å²) in [4.78, 5) is 0. The van der Waals surface area contributed by atoms with Gasteiger partial charge < -0.3 is 13.0 Å². The highest BCUT2D eigenvalue weighted by molar-refractivity contribution is 6.57. The van der Waals surface area contributed by atoms with Crippen molar-refractivity contribution in [2.45, 2.75) is 13.1 Å². The highest BCUT2D eigenvalue weighted by Gasteiger charge is 2.09. The van der Waals surface area contributed by atoms with Gasteiger partial charge in [-0.1, -0.05) is 0 Å². The molecular formula is C4H14O3Si2. The van der Waals surface area contributed by atoms with Crippen LogP contribution in [0.1, 0.15) is 0 Å². The van der Waals surface area contributed by atoms with Gasteiger partial charge in [0, 0.05) is 14.2 Å². The van der Waals surface area contributed by atoms with Crippen molar-refractivity contribution in [2.75, 3.05) is 14.2 Å². The van der Waals surface area contributed by atoms with Crippen LogP contribution in [0.3, 0.4) is 0 Å². The predicted octanol–water partition coefficient (Wildman–Crippen LogP) is -0.00360. The summed E-state index contributed by atoms with van der Waals surface area (Å²) in [5, 5.41) is 0. The number of hydrogen-bond donors (Lipinski definition) is 0. The SMILES string of the molecule is CO[SiH](C)O[SiH](C)OC. The van der Waals surface area contributed by atoms with E-state index in [9.17, 15) is 0 Å². The summed E-state index contributed by atoms with van der Waals surface area (Å²) in [6.45, 7) is 3.98. The highest BCUT2D eigenvalue weighted by atomic mass is 28.4. The molecule has 0 N–H and O–H groups in total. The Morgan fingerprint density at radius 2 is 1.22 bits per heavy atom. The molecule has 0 fully saturated rings. The molecule has 0 amide bonds. The third-order valence-electron chi connectivity index (χ3n) is 1.05. The molecular weight excluding hydrogens is 152 g/mol. The maximum atomic E-state index is 5.38. The van der Waals surface area contributed by atoms with Crippen LogP contribution in [0.5, 0.6) is 0 Å². The van der Waals surface area contributed by atoms with Gasteiger partial charge >= 0.3 is 18.6 Å². The lowest BCUT2D eigenvalue weighted by molar-refractivity contribution is 0.288. The maximum absolute atomic E-state index is 5.38. The molecule has 0 aromatic rings. The average molecular weight is 166 g/mol.